The minimum atomic E-state index is -1.11. The standard InChI is InChI=1S/C28H38N10O5/c29-19(11-16-13-34-20-6-2-1-5-18(16)20)24(39)36-21(7-3-9-33-28(30)31)25(40)37-22(12-17-14-32-15-35-17)26(41)38-10-4-8-23(38)27(42)43/h1-2,5-6,13-15,19,21-23,34H,3-4,7-12,29H2,(H,32,35)(H,36,39)(H,37,40)(H,42,43)(H4,30,31,33). The number of imidazole rings is 1. The number of nitrogens with two attached hydrogens (primary N) is 3. The summed E-state index contributed by atoms with van der Waals surface area (Å²) < 4.78 is 0. The Hall–Kier alpha value is -4.92. The van der Waals surface area contributed by atoms with E-state index in [-0.39, 0.29) is 38.3 Å². The van der Waals surface area contributed by atoms with Gasteiger partial charge in [-0.3, -0.25) is 19.4 Å². The fourth-order valence-electron chi connectivity index (χ4n) is 5.26. The summed E-state index contributed by atoms with van der Waals surface area (Å²) in [4.78, 5) is 67.4. The van der Waals surface area contributed by atoms with Gasteiger partial charge < -0.3 is 47.8 Å². The van der Waals surface area contributed by atoms with E-state index in [1.807, 2.05) is 24.3 Å². The number of aromatic nitrogens is 3. The zero-order valence-corrected chi connectivity index (χ0v) is 23.7. The zero-order chi connectivity index (χ0) is 30.9. The van der Waals surface area contributed by atoms with E-state index >= 15 is 0 Å². The van der Waals surface area contributed by atoms with Gasteiger partial charge in [0, 0.05) is 48.5 Å². The number of hydrogen-bond donors (Lipinski definition) is 8. The lowest BCUT2D eigenvalue weighted by molar-refractivity contribution is -0.149. The molecule has 0 radical (unpaired) electrons. The minimum absolute atomic E-state index is 0.0438. The zero-order valence-electron chi connectivity index (χ0n) is 23.7. The molecule has 0 bridgehead atoms. The van der Waals surface area contributed by atoms with Crippen LogP contribution < -0.4 is 27.8 Å². The van der Waals surface area contributed by atoms with Crippen LogP contribution in [0.2, 0.25) is 0 Å². The summed E-state index contributed by atoms with van der Waals surface area (Å²) in [5.74, 6) is -2.91. The first kappa shape index (κ1) is 31.0. The van der Waals surface area contributed by atoms with E-state index in [1.165, 1.54) is 17.4 Å². The predicted molar refractivity (Wildman–Crippen MR) is 158 cm³/mol. The lowest BCUT2D eigenvalue weighted by Crippen LogP contribution is -2.57. The molecule has 230 valence electrons. The third kappa shape index (κ3) is 8.09. The Balaban J connectivity index is 1.49. The first-order valence-corrected chi connectivity index (χ1v) is 14.1. The van der Waals surface area contributed by atoms with Gasteiger partial charge in [0.1, 0.15) is 18.1 Å². The average molecular weight is 595 g/mol. The van der Waals surface area contributed by atoms with Crippen molar-refractivity contribution in [3.63, 3.8) is 0 Å². The molecule has 4 rings (SSSR count). The van der Waals surface area contributed by atoms with Gasteiger partial charge in [-0.2, -0.15) is 0 Å². The quantitative estimate of drug-likeness (QED) is 0.0653. The number of nitrogens with one attached hydrogen (secondary N) is 4. The van der Waals surface area contributed by atoms with E-state index in [9.17, 15) is 24.3 Å². The summed E-state index contributed by atoms with van der Waals surface area (Å²) in [5.41, 5.74) is 19.4. The maximum Gasteiger partial charge on any atom is 0.326 e. The van der Waals surface area contributed by atoms with Crippen LogP contribution in [0.5, 0.6) is 0 Å². The number of amides is 3. The van der Waals surface area contributed by atoms with Crippen LogP contribution in [0.25, 0.3) is 10.9 Å². The Labute approximate surface area is 247 Å². The molecule has 11 N–H and O–H groups in total. The Kier molecular flexibility index (Phi) is 10.3. The molecule has 0 saturated carbocycles. The minimum Gasteiger partial charge on any atom is -0.480 e. The first-order valence-electron chi connectivity index (χ1n) is 14.1. The number of carbonyl (C=O) groups is 4. The van der Waals surface area contributed by atoms with Crippen LogP contribution in [0.15, 0.2) is 48.0 Å². The van der Waals surface area contributed by atoms with Crippen molar-refractivity contribution in [3.8, 4) is 0 Å². The number of likely N-dealkylation sites (tertiary alicyclic amines) is 1. The van der Waals surface area contributed by atoms with Crippen molar-refractivity contribution in [1.29, 1.82) is 0 Å². The molecule has 43 heavy (non-hydrogen) atoms. The maximum absolute atomic E-state index is 13.6. The molecule has 4 unspecified atom stereocenters. The van der Waals surface area contributed by atoms with E-state index in [2.05, 4.69) is 30.6 Å². The molecule has 1 aromatic carbocycles. The van der Waals surface area contributed by atoms with E-state index in [4.69, 9.17) is 17.2 Å². The van der Waals surface area contributed by atoms with Crippen LogP contribution in [0.3, 0.4) is 0 Å². The molecule has 0 aliphatic carbocycles. The van der Waals surface area contributed by atoms with Crippen LogP contribution in [-0.4, -0.2) is 91.9 Å². The molecule has 1 saturated heterocycles. The number of fused-ring (bicyclic) bond motifs is 1. The number of guanidine groups is 1. The third-order valence-corrected chi connectivity index (χ3v) is 7.44. The number of nitrogens with zero attached hydrogens (tertiary/aromatic N) is 3. The molecule has 1 aliphatic rings. The van der Waals surface area contributed by atoms with E-state index in [1.54, 1.807) is 6.20 Å². The summed E-state index contributed by atoms with van der Waals surface area (Å²) >= 11 is 0. The molecule has 3 heterocycles. The SMILES string of the molecule is NC(N)=NCCCC(NC(=O)C(N)Cc1c[nH]c2ccccc12)C(=O)NC(Cc1cnc[nH]1)C(=O)N1CCCC1C(=O)O. The molecular weight excluding hydrogens is 556 g/mol. The van der Waals surface area contributed by atoms with Crippen LogP contribution in [0.4, 0.5) is 0 Å². The van der Waals surface area contributed by atoms with Gasteiger partial charge in [0.05, 0.1) is 12.4 Å². The number of rotatable bonds is 14. The molecule has 2 aromatic heterocycles. The molecular formula is C28H38N10O5. The van der Waals surface area contributed by atoms with Crippen molar-refractivity contribution >= 4 is 40.6 Å². The monoisotopic (exact) mass is 594 g/mol. The molecule has 0 spiro atoms. The van der Waals surface area contributed by atoms with Crippen molar-refractivity contribution in [2.24, 2.45) is 22.2 Å². The molecule has 3 amide bonds. The van der Waals surface area contributed by atoms with Gasteiger partial charge in [-0.25, -0.2) is 9.78 Å². The second kappa shape index (κ2) is 14.3. The smallest absolute Gasteiger partial charge is 0.326 e. The summed E-state index contributed by atoms with van der Waals surface area (Å²) in [6.07, 6.45) is 6.38. The van der Waals surface area contributed by atoms with Crippen molar-refractivity contribution in [2.45, 2.75) is 62.7 Å². The van der Waals surface area contributed by atoms with Crippen molar-refractivity contribution in [3.05, 3.63) is 54.2 Å². The number of carbonyl (C=O) groups excluding carboxylic acids is 3. The molecule has 3 aromatic rings. The van der Waals surface area contributed by atoms with Crippen LogP contribution in [0.1, 0.15) is 36.9 Å². The topological polar surface area (TPSA) is 251 Å². The Morgan fingerprint density at radius 2 is 1.86 bits per heavy atom. The van der Waals surface area contributed by atoms with E-state index in [0.717, 1.165) is 16.5 Å². The highest BCUT2D eigenvalue weighted by molar-refractivity contribution is 5.94. The van der Waals surface area contributed by atoms with E-state index in [0.29, 0.717) is 25.0 Å². The summed E-state index contributed by atoms with van der Waals surface area (Å²) in [7, 11) is 0. The number of H-pyrrole nitrogens is 2. The Bertz CT molecular complexity index is 1450. The lowest BCUT2D eigenvalue weighted by Gasteiger charge is -2.29. The second-order valence-electron chi connectivity index (χ2n) is 10.6. The number of carboxylic acid groups (broad SMARTS) is 1. The highest BCUT2D eigenvalue weighted by Gasteiger charge is 2.38. The van der Waals surface area contributed by atoms with Gasteiger partial charge in [-0.05, 0) is 43.7 Å². The molecule has 15 nitrogen and oxygen atoms in total. The van der Waals surface area contributed by atoms with Crippen LogP contribution >= 0.6 is 0 Å². The average Bonchev–Trinajstić information content (AvgIpc) is 3.75. The largest absolute Gasteiger partial charge is 0.480 e. The number of para-hydroxylation sites is 1. The fourth-order valence-corrected chi connectivity index (χ4v) is 5.26. The fraction of sp³-hybridized carbons (Fsp3) is 0.429. The number of hydrogen-bond acceptors (Lipinski definition) is 7. The summed E-state index contributed by atoms with van der Waals surface area (Å²) in [6, 6.07) is 3.52. The van der Waals surface area contributed by atoms with Crippen LogP contribution in [-0.2, 0) is 32.0 Å². The number of benzene rings is 1. The molecule has 1 fully saturated rings. The highest BCUT2D eigenvalue weighted by atomic mass is 16.4. The molecule has 15 heteroatoms. The predicted octanol–water partition coefficient (Wildman–Crippen LogP) is -0.898. The van der Waals surface area contributed by atoms with Crippen molar-refractivity contribution < 1.29 is 24.3 Å². The van der Waals surface area contributed by atoms with Gasteiger partial charge in [-0.1, -0.05) is 18.2 Å². The van der Waals surface area contributed by atoms with Crippen LogP contribution in [0, 0.1) is 0 Å². The normalized spacial score (nSPS) is 16.8. The summed E-state index contributed by atoms with van der Waals surface area (Å²) in [6.45, 7) is 0.473. The van der Waals surface area contributed by atoms with E-state index < -0.39 is 47.9 Å². The highest BCUT2D eigenvalue weighted by Crippen LogP contribution is 2.20. The number of aliphatic carboxylic acids is 1. The molecule has 1 aliphatic heterocycles. The third-order valence-electron chi connectivity index (χ3n) is 7.44. The number of aliphatic imine (C=N–C) groups is 1. The van der Waals surface area contributed by atoms with Gasteiger partial charge >= 0.3 is 5.97 Å². The first-order chi connectivity index (χ1) is 20.6. The maximum atomic E-state index is 13.6. The second-order valence-corrected chi connectivity index (χ2v) is 10.6. The van der Waals surface area contributed by atoms with Gasteiger partial charge in [0.2, 0.25) is 17.7 Å². The Morgan fingerprint density at radius 1 is 1.09 bits per heavy atom. The number of carboxylic acids is 1. The van der Waals surface area contributed by atoms with Gasteiger partial charge in [0.15, 0.2) is 5.96 Å². The van der Waals surface area contributed by atoms with Gasteiger partial charge in [-0.15, -0.1) is 0 Å². The lowest BCUT2D eigenvalue weighted by atomic mass is 10.0. The molecule has 4 atom stereocenters. The van der Waals surface area contributed by atoms with Crippen molar-refractivity contribution in [1.82, 2.24) is 30.5 Å². The van der Waals surface area contributed by atoms with Gasteiger partial charge in [0.25, 0.3) is 0 Å². The number of aromatic amines is 2. The van der Waals surface area contributed by atoms with Crippen molar-refractivity contribution in [2.75, 3.05) is 13.1 Å². The Morgan fingerprint density at radius 3 is 2.58 bits per heavy atom. The summed E-state index contributed by atoms with van der Waals surface area (Å²) in [5, 5.41) is 16.0.